The van der Waals surface area contributed by atoms with Gasteiger partial charge < -0.3 is 8.92 Å². The van der Waals surface area contributed by atoms with Crippen LogP contribution in [0.1, 0.15) is 26.3 Å². The second-order valence-corrected chi connectivity index (χ2v) is 8.93. The summed E-state index contributed by atoms with van der Waals surface area (Å²) in [5.74, 6) is 0.624. The van der Waals surface area contributed by atoms with Crippen LogP contribution >= 0.6 is 9.90 Å². The highest BCUT2D eigenvalue weighted by atomic mass is 32.3. The Balaban J connectivity index is 0.000000535. The number of aryl methyl sites for hydroxylation is 1. The van der Waals surface area contributed by atoms with Crippen molar-refractivity contribution in [1.82, 2.24) is 0 Å². The first kappa shape index (κ1) is 26.3. The molecule has 0 aliphatic carbocycles. The van der Waals surface area contributed by atoms with Crippen LogP contribution in [0.25, 0.3) is 0 Å². The van der Waals surface area contributed by atoms with Crippen molar-refractivity contribution in [3.8, 4) is 11.5 Å². The van der Waals surface area contributed by atoms with Gasteiger partial charge in [-0.1, -0.05) is 17.7 Å². The summed E-state index contributed by atoms with van der Waals surface area (Å²) < 4.78 is 68.6. The van der Waals surface area contributed by atoms with E-state index in [-0.39, 0.29) is 26.1 Å². The maximum Gasteiger partial charge on any atom is 0.446 e. The van der Waals surface area contributed by atoms with Crippen molar-refractivity contribution in [2.45, 2.75) is 38.2 Å². The molecule has 2 N–H and O–H groups in total. The van der Waals surface area contributed by atoms with Crippen molar-refractivity contribution >= 4 is 30.4 Å². The Kier molecular flexibility index (Phi) is 9.56. The molecule has 0 fully saturated rings. The van der Waals surface area contributed by atoms with E-state index in [9.17, 15) is 16.8 Å². The van der Waals surface area contributed by atoms with Crippen molar-refractivity contribution in [2.24, 2.45) is 0 Å². The van der Waals surface area contributed by atoms with E-state index < -0.39 is 20.5 Å². The number of ether oxygens (including phenoxy) is 1. The van der Waals surface area contributed by atoms with Gasteiger partial charge in [0.2, 0.25) is 0 Å². The van der Waals surface area contributed by atoms with Crippen LogP contribution in [-0.4, -0.2) is 31.5 Å². The lowest BCUT2D eigenvalue weighted by Gasteiger charge is -2.21. The molecular formula is C17H25O8PS2. The lowest BCUT2D eigenvalue weighted by molar-refractivity contribution is 0.131. The van der Waals surface area contributed by atoms with Crippen LogP contribution in [0.5, 0.6) is 11.5 Å². The molecule has 0 bridgehead atoms. The lowest BCUT2D eigenvalue weighted by atomic mass is 10.2. The molecule has 1 unspecified atom stereocenters. The largest absolute Gasteiger partial charge is 0.488 e. The predicted molar refractivity (Wildman–Crippen MR) is 111 cm³/mol. The van der Waals surface area contributed by atoms with Gasteiger partial charge in [-0.05, 0) is 64.1 Å². The van der Waals surface area contributed by atoms with Gasteiger partial charge in [0.1, 0.15) is 17.1 Å². The average Bonchev–Trinajstić information content (AvgIpc) is 2.46. The van der Waals surface area contributed by atoms with E-state index in [0.717, 1.165) is 5.56 Å². The van der Waals surface area contributed by atoms with Crippen LogP contribution < -0.4 is 8.92 Å². The molecule has 0 heterocycles. The number of hydrogen-bond acceptors (Lipinski definition) is 6. The standard InChI is InChI=1S/C10H14O5S.C7H8O3S.H3P/c1-10(2,3)14-8-4-6-9(7-5-8)15-16(11,12)13;1-6-2-4-7(5-3-6)11(8,9)10;/h4-7H,1-3H3,(H,11,12,13);2-5H,1H3,(H,8,9,10);1H3. The fourth-order valence-electron chi connectivity index (χ4n) is 1.75. The molecule has 0 aliphatic heterocycles. The first-order valence-corrected chi connectivity index (χ1v) is 10.5. The van der Waals surface area contributed by atoms with Crippen LogP contribution in [0.15, 0.2) is 53.4 Å². The number of benzene rings is 2. The van der Waals surface area contributed by atoms with E-state index in [4.69, 9.17) is 13.8 Å². The van der Waals surface area contributed by atoms with Crippen molar-refractivity contribution in [1.29, 1.82) is 0 Å². The summed E-state index contributed by atoms with van der Waals surface area (Å²) in [6, 6.07) is 11.9. The summed E-state index contributed by atoms with van der Waals surface area (Å²) in [4.78, 5) is -0.0666. The molecule has 0 spiro atoms. The van der Waals surface area contributed by atoms with Crippen LogP contribution in [0.2, 0.25) is 0 Å². The van der Waals surface area contributed by atoms with Crippen LogP contribution in [0.4, 0.5) is 0 Å². The topological polar surface area (TPSA) is 127 Å². The van der Waals surface area contributed by atoms with Gasteiger partial charge in [-0.25, -0.2) is 0 Å². The summed E-state index contributed by atoms with van der Waals surface area (Å²) in [6.45, 7) is 7.54. The van der Waals surface area contributed by atoms with E-state index in [2.05, 4.69) is 4.18 Å². The van der Waals surface area contributed by atoms with E-state index in [1.54, 1.807) is 24.3 Å². The Morgan fingerprint density at radius 3 is 1.57 bits per heavy atom. The zero-order valence-corrected chi connectivity index (χ0v) is 19.0. The molecule has 2 rings (SSSR count). The molecule has 2 aromatic carbocycles. The Labute approximate surface area is 169 Å². The normalized spacial score (nSPS) is 11.5. The van der Waals surface area contributed by atoms with Crippen LogP contribution in [0.3, 0.4) is 0 Å². The van der Waals surface area contributed by atoms with Gasteiger partial charge in [-0.3, -0.25) is 9.11 Å². The fourth-order valence-corrected chi connectivity index (χ4v) is 2.58. The monoisotopic (exact) mass is 452 g/mol. The van der Waals surface area contributed by atoms with Gasteiger partial charge >= 0.3 is 10.4 Å². The predicted octanol–water partition coefficient (Wildman–Crippen LogP) is 3.35. The van der Waals surface area contributed by atoms with Gasteiger partial charge in [0.25, 0.3) is 10.1 Å². The Bertz CT molecular complexity index is 946. The van der Waals surface area contributed by atoms with E-state index >= 15 is 0 Å². The highest BCUT2D eigenvalue weighted by molar-refractivity contribution is 7.85. The first-order chi connectivity index (χ1) is 12.2. The molecular weight excluding hydrogens is 427 g/mol. The van der Waals surface area contributed by atoms with Gasteiger partial charge in [-0.15, -0.1) is 0 Å². The minimum atomic E-state index is -4.47. The summed E-state index contributed by atoms with van der Waals surface area (Å²) in [5, 5.41) is 0. The average molecular weight is 452 g/mol. The molecule has 2 aromatic rings. The van der Waals surface area contributed by atoms with Crippen LogP contribution in [-0.2, 0) is 20.5 Å². The van der Waals surface area contributed by atoms with Gasteiger partial charge in [0, 0.05) is 0 Å². The maximum atomic E-state index is 10.5. The molecule has 0 saturated carbocycles. The van der Waals surface area contributed by atoms with Gasteiger partial charge in [0.15, 0.2) is 0 Å². The molecule has 0 saturated heterocycles. The van der Waals surface area contributed by atoms with Gasteiger partial charge in [0.05, 0.1) is 4.90 Å². The molecule has 0 aromatic heterocycles. The third-order valence-electron chi connectivity index (χ3n) is 2.77. The zero-order chi connectivity index (χ0) is 20.9. The summed E-state index contributed by atoms with van der Waals surface area (Å²) in [6.07, 6.45) is 0. The van der Waals surface area contributed by atoms with E-state index in [1.165, 1.54) is 24.3 Å². The molecule has 0 aliphatic rings. The molecule has 11 heteroatoms. The molecule has 0 amide bonds. The highest BCUT2D eigenvalue weighted by Crippen LogP contribution is 2.22. The van der Waals surface area contributed by atoms with Gasteiger partial charge in [-0.2, -0.15) is 26.7 Å². The third kappa shape index (κ3) is 11.2. The second kappa shape index (κ2) is 10.2. The molecule has 0 radical (unpaired) electrons. The van der Waals surface area contributed by atoms with Crippen molar-refractivity contribution < 1.29 is 34.9 Å². The van der Waals surface area contributed by atoms with E-state index in [0.29, 0.717) is 5.75 Å². The molecule has 8 nitrogen and oxygen atoms in total. The Morgan fingerprint density at radius 2 is 1.21 bits per heavy atom. The summed E-state index contributed by atoms with van der Waals surface area (Å²) >= 11 is 0. The maximum absolute atomic E-state index is 10.5. The second-order valence-electron chi connectivity index (χ2n) is 6.49. The molecule has 158 valence electrons. The third-order valence-corrected chi connectivity index (χ3v) is 4.04. The number of hydrogen-bond donors (Lipinski definition) is 2. The quantitative estimate of drug-likeness (QED) is 0.534. The first-order valence-electron chi connectivity index (χ1n) is 7.66. The molecule has 1 atom stereocenters. The van der Waals surface area contributed by atoms with Crippen molar-refractivity contribution in [2.75, 3.05) is 0 Å². The van der Waals surface area contributed by atoms with Crippen molar-refractivity contribution in [3.05, 3.63) is 54.1 Å². The SMILES string of the molecule is CC(C)(C)Oc1ccc(OS(=O)(=O)O)cc1.Cc1ccc(S(=O)(=O)O)cc1.P. The van der Waals surface area contributed by atoms with Crippen LogP contribution in [0, 0.1) is 6.92 Å². The minimum absolute atomic E-state index is 0. The Hall–Kier alpha value is -1.71. The number of rotatable bonds is 4. The zero-order valence-electron chi connectivity index (χ0n) is 16.0. The Morgan fingerprint density at radius 1 is 0.786 bits per heavy atom. The minimum Gasteiger partial charge on any atom is -0.488 e. The van der Waals surface area contributed by atoms with Crippen molar-refractivity contribution in [3.63, 3.8) is 0 Å². The van der Waals surface area contributed by atoms with E-state index in [1.807, 2.05) is 27.7 Å². The lowest BCUT2D eigenvalue weighted by Crippen LogP contribution is -2.22. The smallest absolute Gasteiger partial charge is 0.446 e. The highest BCUT2D eigenvalue weighted by Gasteiger charge is 2.12. The summed E-state index contributed by atoms with van der Waals surface area (Å²) in [7, 11) is -8.49. The summed E-state index contributed by atoms with van der Waals surface area (Å²) in [5.41, 5.74) is 0.628. The molecule has 28 heavy (non-hydrogen) atoms. The fraction of sp³-hybridized carbons (Fsp3) is 0.294.